The van der Waals surface area contributed by atoms with Crippen molar-refractivity contribution in [2.24, 2.45) is 5.92 Å². The molecule has 1 saturated carbocycles. The fraction of sp³-hybridized carbons (Fsp3) is 0.900. The molecule has 0 aliphatic heterocycles. The van der Waals surface area contributed by atoms with Gasteiger partial charge in [-0.25, -0.2) is 0 Å². The zero-order valence-electron chi connectivity index (χ0n) is 8.35. The van der Waals surface area contributed by atoms with Gasteiger partial charge >= 0.3 is 0 Å². The van der Waals surface area contributed by atoms with Gasteiger partial charge in [-0.3, -0.25) is 4.79 Å². The van der Waals surface area contributed by atoms with Gasteiger partial charge in [0.05, 0.1) is 0 Å². The maximum absolute atomic E-state index is 11.7. The molecule has 0 radical (unpaired) electrons. The normalized spacial score (nSPS) is 16.4. The number of carbonyl (C=O) groups excluding carboxylic acids is 1. The van der Waals surface area contributed by atoms with E-state index in [4.69, 9.17) is 23.2 Å². The van der Waals surface area contributed by atoms with E-state index in [9.17, 15) is 4.79 Å². The van der Waals surface area contributed by atoms with Gasteiger partial charge in [0.15, 0.2) is 0 Å². The monoisotopic (exact) mass is 237 g/mol. The topological polar surface area (TPSA) is 20.3 Å². The largest absolute Gasteiger partial charge is 0.340 e. The van der Waals surface area contributed by atoms with E-state index >= 15 is 0 Å². The van der Waals surface area contributed by atoms with Crippen LogP contribution in [0.2, 0.25) is 0 Å². The molecule has 82 valence electrons. The third kappa shape index (κ3) is 3.66. The predicted octanol–water partition coefficient (Wildman–Crippen LogP) is 2.48. The third-order valence-electron chi connectivity index (χ3n) is 2.75. The Hall–Kier alpha value is 0.0500. The second-order valence-corrected chi connectivity index (χ2v) is 4.52. The lowest BCUT2D eigenvalue weighted by molar-refractivity contribution is -0.132. The number of rotatable bonds is 6. The molecule has 1 fully saturated rings. The van der Waals surface area contributed by atoms with Gasteiger partial charge in [-0.1, -0.05) is 6.42 Å². The Bertz CT molecular complexity index is 177. The fourth-order valence-corrected chi connectivity index (χ4v) is 2.05. The van der Waals surface area contributed by atoms with Crippen molar-refractivity contribution in [2.75, 3.05) is 24.8 Å². The van der Waals surface area contributed by atoms with E-state index in [2.05, 4.69) is 0 Å². The molecule has 0 aromatic heterocycles. The van der Waals surface area contributed by atoms with Gasteiger partial charge in [0.25, 0.3) is 0 Å². The summed E-state index contributed by atoms with van der Waals surface area (Å²) in [6, 6.07) is 0. The second kappa shape index (κ2) is 6.52. The highest BCUT2D eigenvalue weighted by molar-refractivity contribution is 6.18. The van der Waals surface area contributed by atoms with Gasteiger partial charge in [0.1, 0.15) is 0 Å². The van der Waals surface area contributed by atoms with E-state index in [1.165, 1.54) is 19.3 Å². The van der Waals surface area contributed by atoms with E-state index in [0.717, 1.165) is 0 Å². The van der Waals surface area contributed by atoms with Gasteiger partial charge in [0.2, 0.25) is 5.91 Å². The molecule has 1 amide bonds. The van der Waals surface area contributed by atoms with Gasteiger partial charge in [0, 0.05) is 31.3 Å². The maximum atomic E-state index is 11.7. The molecule has 0 atom stereocenters. The number of halogens is 2. The summed E-state index contributed by atoms with van der Waals surface area (Å²) in [4.78, 5) is 13.5. The lowest BCUT2D eigenvalue weighted by Crippen LogP contribution is -2.36. The lowest BCUT2D eigenvalue weighted by atomic mass is 9.83. The summed E-state index contributed by atoms with van der Waals surface area (Å²) in [5.74, 6) is 1.83. The van der Waals surface area contributed by atoms with Crippen LogP contribution in [0.25, 0.3) is 0 Å². The van der Waals surface area contributed by atoms with Crippen molar-refractivity contribution in [3.05, 3.63) is 0 Å². The first-order valence-electron chi connectivity index (χ1n) is 5.17. The zero-order chi connectivity index (χ0) is 10.4. The van der Waals surface area contributed by atoms with Crippen LogP contribution in [0.15, 0.2) is 0 Å². The van der Waals surface area contributed by atoms with Crippen molar-refractivity contribution in [3.8, 4) is 0 Å². The summed E-state index contributed by atoms with van der Waals surface area (Å²) in [5, 5.41) is 0. The minimum Gasteiger partial charge on any atom is -0.340 e. The van der Waals surface area contributed by atoms with E-state index < -0.39 is 0 Å². The highest BCUT2D eigenvalue weighted by Gasteiger charge is 2.23. The molecule has 0 spiro atoms. The molecule has 0 aromatic rings. The molecule has 0 bridgehead atoms. The van der Waals surface area contributed by atoms with E-state index in [1.54, 1.807) is 4.90 Å². The number of hydrogen-bond donors (Lipinski definition) is 0. The van der Waals surface area contributed by atoms with Crippen LogP contribution < -0.4 is 0 Å². The van der Waals surface area contributed by atoms with Crippen LogP contribution >= 0.6 is 23.2 Å². The molecular formula is C10H17Cl2NO. The average molecular weight is 238 g/mol. The Morgan fingerprint density at radius 2 is 1.79 bits per heavy atom. The summed E-state index contributed by atoms with van der Waals surface area (Å²) >= 11 is 11.2. The van der Waals surface area contributed by atoms with Crippen LogP contribution in [-0.2, 0) is 4.79 Å². The molecule has 1 aliphatic rings. The van der Waals surface area contributed by atoms with Gasteiger partial charge < -0.3 is 4.90 Å². The number of amides is 1. The fourth-order valence-electron chi connectivity index (χ4n) is 1.64. The zero-order valence-corrected chi connectivity index (χ0v) is 9.86. The minimum atomic E-state index is 0.219. The smallest absolute Gasteiger partial charge is 0.222 e. The highest BCUT2D eigenvalue weighted by atomic mass is 35.5. The molecule has 0 N–H and O–H groups in total. The molecule has 0 unspecified atom stereocenters. The first-order valence-corrected chi connectivity index (χ1v) is 6.24. The van der Waals surface area contributed by atoms with E-state index in [1.807, 2.05) is 0 Å². The molecule has 0 heterocycles. The number of carbonyl (C=O) groups is 1. The van der Waals surface area contributed by atoms with Crippen molar-refractivity contribution < 1.29 is 4.79 Å². The van der Waals surface area contributed by atoms with Crippen LogP contribution in [0, 0.1) is 5.92 Å². The van der Waals surface area contributed by atoms with E-state index in [0.29, 0.717) is 37.2 Å². The number of alkyl halides is 2. The van der Waals surface area contributed by atoms with Crippen molar-refractivity contribution >= 4 is 29.1 Å². The maximum Gasteiger partial charge on any atom is 0.222 e. The summed E-state index contributed by atoms with van der Waals surface area (Å²) in [5.41, 5.74) is 0. The molecule has 14 heavy (non-hydrogen) atoms. The Labute approximate surface area is 95.5 Å². The first kappa shape index (κ1) is 12.1. The molecule has 0 saturated heterocycles. The first-order chi connectivity index (χ1) is 6.77. The number of hydrogen-bond acceptors (Lipinski definition) is 1. The average Bonchev–Trinajstić information content (AvgIpc) is 2.11. The van der Waals surface area contributed by atoms with Crippen molar-refractivity contribution in [2.45, 2.75) is 25.7 Å². The quantitative estimate of drug-likeness (QED) is 0.651. The SMILES string of the molecule is O=C(CC1CCC1)N(CCCl)CCCl. The molecule has 4 heteroatoms. The predicted molar refractivity (Wildman–Crippen MR) is 60.0 cm³/mol. The lowest BCUT2D eigenvalue weighted by Gasteiger charge is -2.28. The summed E-state index contributed by atoms with van der Waals surface area (Å²) < 4.78 is 0. The summed E-state index contributed by atoms with van der Waals surface area (Å²) in [7, 11) is 0. The Morgan fingerprint density at radius 3 is 2.14 bits per heavy atom. The van der Waals surface area contributed by atoms with Gasteiger partial charge in [-0.05, 0) is 18.8 Å². The van der Waals surface area contributed by atoms with E-state index in [-0.39, 0.29) is 5.91 Å². The van der Waals surface area contributed by atoms with Crippen molar-refractivity contribution in [1.29, 1.82) is 0 Å². The third-order valence-corrected chi connectivity index (χ3v) is 3.09. The number of nitrogens with zero attached hydrogens (tertiary/aromatic N) is 1. The highest BCUT2D eigenvalue weighted by Crippen LogP contribution is 2.29. The van der Waals surface area contributed by atoms with Crippen LogP contribution in [0.5, 0.6) is 0 Å². The van der Waals surface area contributed by atoms with Gasteiger partial charge in [-0.2, -0.15) is 0 Å². The Kier molecular flexibility index (Phi) is 5.64. The van der Waals surface area contributed by atoms with Gasteiger partial charge in [-0.15, -0.1) is 23.2 Å². The Morgan fingerprint density at radius 1 is 1.21 bits per heavy atom. The standard InChI is InChI=1S/C10H17Cl2NO/c11-4-6-13(7-5-12)10(14)8-9-2-1-3-9/h9H,1-8H2. The summed E-state index contributed by atoms with van der Waals surface area (Å²) in [6.45, 7) is 1.25. The van der Waals surface area contributed by atoms with Crippen LogP contribution in [0.4, 0.5) is 0 Å². The van der Waals surface area contributed by atoms with Crippen LogP contribution in [-0.4, -0.2) is 35.7 Å². The van der Waals surface area contributed by atoms with Crippen molar-refractivity contribution in [3.63, 3.8) is 0 Å². The molecule has 1 rings (SSSR count). The Balaban J connectivity index is 2.28. The van der Waals surface area contributed by atoms with Crippen LogP contribution in [0.3, 0.4) is 0 Å². The second-order valence-electron chi connectivity index (χ2n) is 3.76. The van der Waals surface area contributed by atoms with Crippen LogP contribution in [0.1, 0.15) is 25.7 Å². The van der Waals surface area contributed by atoms with Crippen molar-refractivity contribution in [1.82, 2.24) is 4.90 Å². The molecule has 2 nitrogen and oxygen atoms in total. The molecule has 1 aliphatic carbocycles. The summed E-state index contributed by atoms with van der Waals surface area (Å²) in [6.07, 6.45) is 4.39. The molecule has 0 aromatic carbocycles. The molecular weight excluding hydrogens is 221 g/mol. The minimum absolute atomic E-state index is 0.219.